The van der Waals surface area contributed by atoms with Gasteiger partial charge in [0.2, 0.25) is 5.60 Å². The predicted octanol–water partition coefficient (Wildman–Crippen LogP) is 0.694. The number of aliphatic hydroxyl groups is 1. The fraction of sp³-hybridized carbons (Fsp3) is 0.364. The Hall–Kier alpha value is -1.39. The minimum atomic E-state index is -1.73. The molecule has 4 nitrogen and oxygen atoms in total. The molecular formula is C11H14O4. The Morgan fingerprint density at radius 1 is 1.33 bits per heavy atom. The van der Waals surface area contributed by atoms with Crippen molar-refractivity contribution < 1.29 is 19.4 Å². The van der Waals surface area contributed by atoms with Crippen LogP contribution in [0.1, 0.15) is 5.56 Å². The predicted molar refractivity (Wildman–Crippen MR) is 54.2 cm³/mol. The second-order valence-corrected chi connectivity index (χ2v) is 3.15. The average molecular weight is 210 g/mol. The van der Waals surface area contributed by atoms with Crippen molar-refractivity contribution in [3.63, 3.8) is 0 Å². The molecule has 15 heavy (non-hydrogen) atoms. The summed E-state index contributed by atoms with van der Waals surface area (Å²) in [7, 11) is 2.64. The summed E-state index contributed by atoms with van der Waals surface area (Å²) >= 11 is 0. The lowest BCUT2D eigenvalue weighted by Gasteiger charge is -2.24. The quantitative estimate of drug-likeness (QED) is 0.743. The first kappa shape index (κ1) is 11.7. The normalized spacial score (nSPS) is 14.3. The van der Waals surface area contributed by atoms with Crippen molar-refractivity contribution in [1.29, 1.82) is 0 Å². The van der Waals surface area contributed by atoms with E-state index in [4.69, 9.17) is 4.74 Å². The molecule has 0 aliphatic rings. The van der Waals surface area contributed by atoms with Gasteiger partial charge in [-0.15, -0.1) is 0 Å². The Balaban J connectivity index is 3.06. The van der Waals surface area contributed by atoms with Gasteiger partial charge in [0.05, 0.1) is 13.7 Å². The van der Waals surface area contributed by atoms with Crippen LogP contribution in [0.3, 0.4) is 0 Å². The summed E-state index contributed by atoms with van der Waals surface area (Å²) in [6, 6.07) is 8.57. The lowest BCUT2D eigenvalue weighted by Crippen LogP contribution is -2.41. The molecular weight excluding hydrogens is 196 g/mol. The van der Waals surface area contributed by atoms with Gasteiger partial charge in [-0.2, -0.15) is 0 Å². The highest BCUT2D eigenvalue weighted by Crippen LogP contribution is 2.22. The van der Waals surface area contributed by atoms with Gasteiger partial charge >= 0.3 is 5.97 Å². The van der Waals surface area contributed by atoms with Gasteiger partial charge in [-0.25, -0.2) is 4.79 Å². The van der Waals surface area contributed by atoms with Crippen molar-refractivity contribution in [1.82, 2.24) is 0 Å². The minimum absolute atomic E-state index is 0.135. The van der Waals surface area contributed by atoms with Gasteiger partial charge in [0, 0.05) is 7.11 Å². The van der Waals surface area contributed by atoms with Crippen LogP contribution in [0.25, 0.3) is 0 Å². The van der Waals surface area contributed by atoms with Crippen LogP contribution in [0.4, 0.5) is 0 Å². The third-order valence-corrected chi connectivity index (χ3v) is 2.13. The summed E-state index contributed by atoms with van der Waals surface area (Å²) in [5.74, 6) is -0.726. The minimum Gasteiger partial charge on any atom is -0.467 e. The molecule has 1 atom stereocenters. The molecule has 82 valence electrons. The highest BCUT2D eigenvalue weighted by molar-refractivity contribution is 5.81. The zero-order chi connectivity index (χ0) is 11.3. The lowest BCUT2D eigenvalue weighted by atomic mass is 9.95. The van der Waals surface area contributed by atoms with Crippen LogP contribution in [0.5, 0.6) is 0 Å². The molecule has 0 bridgehead atoms. The maximum absolute atomic E-state index is 11.5. The van der Waals surface area contributed by atoms with E-state index in [2.05, 4.69) is 4.74 Å². The summed E-state index contributed by atoms with van der Waals surface area (Å²) in [5, 5.41) is 10.2. The van der Waals surface area contributed by atoms with Crippen LogP contribution in [0.15, 0.2) is 30.3 Å². The molecule has 1 unspecified atom stereocenters. The largest absolute Gasteiger partial charge is 0.467 e. The maximum Gasteiger partial charge on any atom is 0.345 e. The number of rotatable bonds is 4. The molecule has 0 aromatic heterocycles. The zero-order valence-corrected chi connectivity index (χ0v) is 8.77. The van der Waals surface area contributed by atoms with Gasteiger partial charge in [-0.05, 0) is 5.56 Å². The number of carbonyl (C=O) groups excluding carboxylic acids is 1. The summed E-state index contributed by atoms with van der Waals surface area (Å²) in [4.78, 5) is 11.5. The molecule has 0 amide bonds. The molecule has 0 fully saturated rings. The van der Waals surface area contributed by atoms with Crippen LogP contribution < -0.4 is 0 Å². The first-order valence-electron chi connectivity index (χ1n) is 4.50. The number of methoxy groups -OCH3 is 2. The molecule has 0 aliphatic carbocycles. The van der Waals surface area contributed by atoms with Gasteiger partial charge in [0.15, 0.2) is 0 Å². The van der Waals surface area contributed by atoms with E-state index in [1.165, 1.54) is 14.2 Å². The molecule has 0 spiro atoms. The topological polar surface area (TPSA) is 55.8 Å². The first-order chi connectivity index (χ1) is 7.15. The summed E-state index contributed by atoms with van der Waals surface area (Å²) < 4.78 is 9.39. The second kappa shape index (κ2) is 4.91. The molecule has 0 saturated heterocycles. The SMILES string of the molecule is COCC(O)(C(=O)OC)c1ccccc1. The van der Waals surface area contributed by atoms with Gasteiger partial charge in [-0.1, -0.05) is 30.3 Å². The van der Waals surface area contributed by atoms with Crippen molar-refractivity contribution in [3.8, 4) is 0 Å². The third kappa shape index (κ3) is 2.34. The fourth-order valence-corrected chi connectivity index (χ4v) is 1.35. The van der Waals surface area contributed by atoms with Crippen molar-refractivity contribution in [2.45, 2.75) is 5.60 Å². The molecule has 1 aromatic rings. The number of esters is 1. The van der Waals surface area contributed by atoms with Crippen LogP contribution in [0.2, 0.25) is 0 Å². The van der Waals surface area contributed by atoms with Crippen molar-refractivity contribution >= 4 is 5.97 Å². The van der Waals surface area contributed by atoms with E-state index in [1.54, 1.807) is 30.3 Å². The molecule has 1 rings (SSSR count). The summed E-state index contributed by atoms with van der Waals surface area (Å²) in [6.45, 7) is -0.135. The van der Waals surface area contributed by atoms with Crippen molar-refractivity contribution in [2.75, 3.05) is 20.8 Å². The molecule has 1 aromatic carbocycles. The number of hydrogen-bond acceptors (Lipinski definition) is 4. The third-order valence-electron chi connectivity index (χ3n) is 2.13. The van der Waals surface area contributed by atoms with Gasteiger partial charge in [0.25, 0.3) is 0 Å². The Bertz CT molecular complexity index is 323. The van der Waals surface area contributed by atoms with Crippen molar-refractivity contribution in [3.05, 3.63) is 35.9 Å². The fourth-order valence-electron chi connectivity index (χ4n) is 1.35. The molecule has 4 heteroatoms. The Labute approximate surface area is 88.4 Å². The molecule has 0 heterocycles. The van der Waals surface area contributed by atoms with E-state index < -0.39 is 11.6 Å². The molecule has 0 aliphatic heterocycles. The van der Waals surface area contributed by atoms with E-state index in [0.717, 1.165) is 0 Å². The average Bonchev–Trinajstić information content (AvgIpc) is 2.29. The lowest BCUT2D eigenvalue weighted by molar-refractivity contribution is -0.169. The number of benzene rings is 1. The second-order valence-electron chi connectivity index (χ2n) is 3.15. The number of hydrogen-bond donors (Lipinski definition) is 1. The van der Waals surface area contributed by atoms with Crippen LogP contribution in [0, 0.1) is 0 Å². The summed E-state index contributed by atoms with van der Waals surface area (Å²) in [6.07, 6.45) is 0. The van der Waals surface area contributed by atoms with Gasteiger partial charge in [-0.3, -0.25) is 0 Å². The summed E-state index contributed by atoms with van der Waals surface area (Å²) in [5.41, 5.74) is -1.27. The standard InChI is InChI=1S/C11H14O4/c1-14-8-11(13,10(12)15-2)9-6-4-3-5-7-9/h3-7,13H,8H2,1-2H3. The van der Waals surface area contributed by atoms with E-state index in [-0.39, 0.29) is 6.61 Å². The number of carbonyl (C=O) groups is 1. The smallest absolute Gasteiger partial charge is 0.345 e. The van der Waals surface area contributed by atoms with E-state index in [0.29, 0.717) is 5.56 Å². The Morgan fingerprint density at radius 3 is 2.40 bits per heavy atom. The Morgan fingerprint density at radius 2 is 1.93 bits per heavy atom. The molecule has 0 saturated carbocycles. The first-order valence-corrected chi connectivity index (χ1v) is 4.50. The zero-order valence-electron chi connectivity index (χ0n) is 8.77. The Kier molecular flexibility index (Phi) is 3.82. The van der Waals surface area contributed by atoms with E-state index in [1.807, 2.05) is 0 Å². The maximum atomic E-state index is 11.5. The van der Waals surface area contributed by atoms with Crippen LogP contribution in [-0.2, 0) is 19.9 Å². The van der Waals surface area contributed by atoms with Gasteiger partial charge in [0.1, 0.15) is 0 Å². The number of ether oxygens (including phenoxy) is 2. The monoisotopic (exact) mass is 210 g/mol. The van der Waals surface area contributed by atoms with Gasteiger partial charge < -0.3 is 14.6 Å². The van der Waals surface area contributed by atoms with E-state index in [9.17, 15) is 9.90 Å². The van der Waals surface area contributed by atoms with Crippen LogP contribution in [-0.4, -0.2) is 31.9 Å². The highest BCUT2D eigenvalue weighted by atomic mass is 16.5. The van der Waals surface area contributed by atoms with Crippen molar-refractivity contribution in [2.24, 2.45) is 0 Å². The van der Waals surface area contributed by atoms with E-state index >= 15 is 0 Å². The molecule has 0 radical (unpaired) electrons. The highest BCUT2D eigenvalue weighted by Gasteiger charge is 2.39. The molecule has 1 N–H and O–H groups in total. The van der Waals surface area contributed by atoms with Crippen LogP contribution >= 0.6 is 0 Å².